The fraction of sp³-hybridized carbons (Fsp3) is 0.455. The predicted molar refractivity (Wildman–Crippen MR) is 61.2 cm³/mol. The summed E-state index contributed by atoms with van der Waals surface area (Å²) in [7, 11) is 0. The number of hydrogen-bond donors (Lipinski definition) is 1. The van der Waals surface area contributed by atoms with E-state index in [9.17, 15) is 35.1 Å². The molecule has 0 aliphatic carbocycles. The third-order valence-corrected chi connectivity index (χ3v) is 2.52. The maximum Gasteiger partial charge on any atom is 0.416 e. The van der Waals surface area contributed by atoms with Gasteiger partial charge in [0.05, 0.1) is 11.1 Å². The Morgan fingerprint density at radius 2 is 1.48 bits per heavy atom. The molecule has 0 saturated carbocycles. The summed E-state index contributed by atoms with van der Waals surface area (Å²) in [6.45, 7) is 0. The first-order valence-electron chi connectivity index (χ1n) is 5.25. The molecule has 0 radical (unpaired) electrons. The van der Waals surface area contributed by atoms with Crippen LogP contribution in [-0.4, -0.2) is 6.43 Å². The highest BCUT2D eigenvalue weighted by atomic mass is 35.5. The molecule has 0 aliphatic heterocycles. The van der Waals surface area contributed by atoms with E-state index in [1.807, 2.05) is 0 Å². The topological polar surface area (TPSA) is 26.0 Å². The third-order valence-electron chi connectivity index (χ3n) is 2.52. The van der Waals surface area contributed by atoms with Gasteiger partial charge in [-0.05, 0) is 17.7 Å². The van der Waals surface area contributed by atoms with Gasteiger partial charge in [-0.15, -0.1) is 12.4 Å². The Kier molecular flexibility index (Phi) is 6.43. The van der Waals surface area contributed by atoms with Crippen LogP contribution >= 0.6 is 12.4 Å². The van der Waals surface area contributed by atoms with Gasteiger partial charge >= 0.3 is 12.4 Å². The van der Waals surface area contributed by atoms with Gasteiger partial charge in [0, 0.05) is 12.5 Å². The Balaban J connectivity index is 0.00000400. The van der Waals surface area contributed by atoms with Crippen molar-refractivity contribution in [2.45, 2.75) is 31.2 Å². The van der Waals surface area contributed by atoms with Gasteiger partial charge < -0.3 is 5.73 Å². The highest BCUT2D eigenvalue weighted by Gasteiger charge is 2.39. The molecule has 0 unspecified atom stereocenters. The van der Waals surface area contributed by atoms with E-state index in [1.165, 1.54) is 0 Å². The summed E-state index contributed by atoms with van der Waals surface area (Å²) in [4.78, 5) is 0. The smallest absolute Gasteiger partial charge is 0.324 e. The summed E-state index contributed by atoms with van der Waals surface area (Å²) in [5, 5.41) is 0. The van der Waals surface area contributed by atoms with Crippen LogP contribution in [0.4, 0.5) is 35.1 Å². The van der Waals surface area contributed by atoms with Crippen molar-refractivity contribution in [2.75, 3.05) is 0 Å². The molecule has 1 atom stereocenters. The van der Waals surface area contributed by atoms with Crippen molar-refractivity contribution < 1.29 is 35.1 Å². The lowest BCUT2D eigenvalue weighted by molar-refractivity contribution is -0.143. The van der Waals surface area contributed by atoms with E-state index >= 15 is 0 Å². The first kappa shape index (κ1) is 19.9. The molecule has 122 valence electrons. The van der Waals surface area contributed by atoms with Crippen LogP contribution in [-0.2, 0) is 12.4 Å². The highest BCUT2D eigenvalue weighted by Crippen LogP contribution is 2.39. The number of benzene rings is 1. The Bertz CT molecular complexity index is 468. The van der Waals surface area contributed by atoms with E-state index in [0.717, 1.165) is 0 Å². The summed E-state index contributed by atoms with van der Waals surface area (Å²) in [6.07, 6.45) is -14.1. The van der Waals surface area contributed by atoms with Crippen molar-refractivity contribution in [2.24, 2.45) is 5.73 Å². The molecule has 0 amide bonds. The summed E-state index contributed by atoms with van der Waals surface area (Å²) < 4.78 is 99.5. The fourth-order valence-electron chi connectivity index (χ4n) is 1.62. The number of nitrogens with two attached hydrogens (primary N) is 1. The lowest BCUT2D eigenvalue weighted by Gasteiger charge is -2.20. The SMILES string of the molecule is Cl.N[C@@H](CC(F)F)c1ccc(C(F)(F)F)cc1C(F)(F)F. The van der Waals surface area contributed by atoms with Crippen molar-refractivity contribution in [1.82, 2.24) is 0 Å². The van der Waals surface area contributed by atoms with Crippen LogP contribution in [0.2, 0.25) is 0 Å². The molecule has 1 aromatic rings. The quantitative estimate of drug-likeness (QED) is 0.784. The average Bonchev–Trinajstić information content (AvgIpc) is 2.24. The Morgan fingerprint density at radius 1 is 0.952 bits per heavy atom. The largest absolute Gasteiger partial charge is 0.416 e. The molecule has 1 nitrogen and oxygen atoms in total. The molecule has 2 N–H and O–H groups in total. The van der Waals surface area contributed by atoms with Crippen LogP contribution in [0.1, 0.15) is 29.2 Å². The number of hydrogen-bond acceptors (Lipinski definition) is 1. The zero-order chi connectivity index (χ0) is 15.7. The number of rotatable bonds is 3. The molecule has 1 rings (SSSR count). The summed E-state index contributed by atoms with van der Waals surface area (Å²) in [5.41, 5.74) is 1.24. The standard InChI is InChI=1S/C11H9F8N.ClH/c12-9(13)4-8(20)6-2-1-5(10(14,15)16)3-7(6)11(17,18)19;/h1-3,8-9H,4,20H2;1H/t8-;/m0./s1. The lowest BCUT2D eigenvalue weighted by atomic mass is 9.96. The van der Waals surface area contributed by atoms with Crippen molar-refractivity contribution in [1.29, 1.82) is 0 Å². The molecular weight excluding hydrogens is 334 g/mol. The van der Waals surface area contributed by atoms with E-state index in [1.54, 1.807) is 0 Å². The molecule has 0 spiro atoms. The minimum Gasteiger partial charge on any atom is -0.324 e. The Morgan fingerprint density at radius 3 is 1.86 bits per heavy atom. The van der Waals surface area contributed by atoms with Gasteiger partial charge in [-0.2, -0.15) is 26.3 Å². The van der Waals surface area contributed by atoms with Gasteiger partial charge in [-0.1, -0.05) is 6.07 Å². The van der Waals surface area contributed by atoms with Crippen molar-refractivity contribution in [3.05, 3.63) is 34.9 Å². The van der Waals surface area contributed by atoms with Crippen molar-refractivity contribution >= 4 is 12.4 Å². The van der Waals surface area contributed by atoms with Crippen molar-refractivity contribution in [3.63, 3.8) is 0 Å². The molecule has 1 aromatic carbocycles. The molecule has 0 saturated heterocycles. The van der Waals surface area contributed by atoms with Gasteiger partial charge in [0.25, 0.3) is 0 Å². The molecule has 21 heavy (non-hydrogen) atoms. The normalized spacial score (nSPS) is 14.0. The summed E-state index contributed by atoms with van der Waals surface area (Å²) in [5.74, 6) is 0. The molecule has 0 fully saturated rings. The Labute approximate surface area is 120 Å². The maximum absolute atomic E-state index is 12.7. The zero-order valence-electron chi connectivity index (χ0n) is 10.1. The van der Waals surface area contributed by atoms with E-state index in [0.29, 0.717) is 12.1 Å². The molecule has 0 aliphatic rings. The van der Waals surface area contributed by atoms with Gasteiger partial charge in [-0.25, -0.2) is 8.78 Å². The van der Waals surface area contributed by atoms with Crippen LogP contribution in [0.3, 0.4) is 0 Å². The Hall–Kier alpha value is -1.09. The molecule has 0 aromatic heterocycles. The minimum atomic E-state index is -5.11. The highest BCUT2D eigenvalue weighted by molar-refractivity contribution is 5.85. The maximum atomic E-state index is 12.7. The second-order valence-corrected chi connectivity index (χ2v) is 4.03. The van der Waals surface area contributed by atoms with Crippen LogP contribution in [0, 0.1) is 0 Å². The van der Waals surface area contributed by atoms with E-state index < -0.39 is 47.9 Å². The van der Waals surface area contributed by atoms with Gasteiger partial charge in [-0.3, -0.25) is 0 Å². The second-order valence-electron chi connectivity index (χ2n) is 4.03. The van der Waals surface area contributed by atoms with Crippen LogP contribution in [0.5, 0.6) is 0 Å². The molecule has 0 bridgehead atoms. The third kappa shape index (κ3) is 5.31. The minimum absolute atomic E-state index is 0. The molecular formula is C11H10ClF8N. The lowest BCUT2D eigenvalue weighted by Crippen LogP contribution is -2.21. The van der Waals surface area contributed by atoms with Gasteiger partial charge in [0.15, 0.2) is 0 Å². The van der Waals surface area contributed by atoms with Crippen LogP contribution in [0.25, 0.3) is 0 Å². The van der Waals surface area contributed by atoms with E-state index in [2.05, 4.69) is 0 Å². The predicted octanol–water partition coefficient (Wildman–Crippen LogP) is 4.80. The summed E-state index contributed by atoms with van der Waals surface area (Å²) in [6, 6.07) is -0.955. The second kappa shape index (κ2) is 6.78. The summed E-state index contributed by atoms with van der Waals surface area (Å²) >= 11 is 0. The van der Waals surface area contributed by atoms with E-state index in [-0.39, 0.29) is 18.5 Å². The van der Waals surface area contributed by atoms with Gasteiger partial charge in [0.1, 0.15) is 0 Å². The molecule has 0 heterocycles. The molecule has 10 heteroatoms. The average molecular weight is 344 g/mol. The first-order chi connectivity index (χ1) is 8.93. The van der Waals surface area contributed by atoms with Crippen LogP contribution < -0.4 is 5.73 Å². The van der Waals surface area contributed by atoms with Gasteiger partial charge in [0.2, 0.25) is 6.43 Å². The number of alkyl halides is 8. The van der Waals surface area contributed by atoms with E-state index in [4.69, 9.17) is 5.73 Å². The monoisotopic (exact) mass is 343 g/mol. The zero-order valence-corrected chi connectivity index (χ0v) is 10.9. The number of halogens is 9. The first-order valence-corrected chi connectivity index (χ1v) is 5.25. The van der Waals surface area contributed by atoms with Crippen molar-refractivity contribution in [3.8, 4) is 0 Å². The fourth-order valence-corrected chi connectivity index (χ4v) is 1.62. The van der Waals surface area contributed by atoms with Crippen LogP contribution in [0.15, 0.2) is 18.2 Å².